The van der Waals surface area contributed by atoms with Gasteiger partial charge in [0.15, 0.2) is 0 Å². The minimum absolute atomic E-state index is 0.288. The van der Waals surface area contributed by atoms with Gasteiger partial charge in [-0.3, -0.25) is 0 Å². The second kappa shape index (κ2) is 5.38. The van der Waals surface area contributed by atoms with E-state index in [0.717, 1.165) is 24.5 Å². The second-order valence-corrected chi connectivity index (χ2v) is 5.61. The third kappa shape index (κ3) is 3.01. The summed E-state index contributed by atoms with van der Waals surface area (Å²) in [7, 11) is 4.38. The highest BCUT2D eigenvalue weighted by atomic mass is 35.5. The highest BCUT2D eigenvalue weighted by Gasteiger charge is 2.34. The predicted molar refractivity (Wildman–Crippen MR) is 73.7 cm³/mol. The van der Waals surface area contributed by atoms with Gasteiger partial charge in [0.2, 0.25) is 0 Å². The lowest BCUT2D eigenvalue weighted by molar-refractivity contribution is 0.108. The molecule has 1 saturated heterocycles. The Labute approximate surface area is 109 Å². The molecule has 0 atom stereocenters. The number of piperidine rings is 1. The third-order valence-corrected chi connectivity index (χ3v) is 4.14. The van der Waals surface area contributed by atoms with Crippen LogP contribution in [0.25, 0.3) is 0 Å². The average molecular weight is 253 g/mol. The highest BCUT2D eigenvalue weighted by Crippen LogP contribution is 2.29. The minimum atomic E-state index is 0.288. The molecule has 0 amide bonds. The van der Waals surface area contributed by atoms with Gasteiger partial charge in [0.1, 0.15) is 0 Å². The molecule has 2 nitrogen and oxygen atoms in total. The summed E-state index contributed by atoms with van der Waals surface area (Å²) < 4.78 is 0. The number of nitrogens with zero attached hydrogens (tertiary/aromatic N) is 1. The first kappa shape index (κ1) is 12.9. The SMILES string of the molecule is CN(C)C1(Cc2cccc(Cl)c2)CCNCC1. The van der Waals surface area contributed by atoms with E-state index < -0.39 is 0 Å². The molecule has 0 bridgehead atoms. The molecule has 0 unspecified atom stereocenters. The molecule has 0 saturated carbocycles. The summed E-state index contributed by atoms with van der Waals surface area (Å²) in [5, 5.41) is 4.28. The zero-order valence-corrected chi connectivity index (χ0v) is 11.4. The summed E-state index contributed by atoms with van der Waals surface area (Å²) in [6.07, 6.45) is 3.49. The maximum absolute atomic E-state index is 6.06. The van der Waals surface area contributed by atoms with Crippen LogP contribution in [0.2, 0.25) is 5.02 Å². The van der Waals surface area contributed by atoms with Gasteiger partial charge in [0.25, 0.3) is 0 Å². The molecule has 0 radical (unpaired) electrons. The van der Waals surface area contributed by atoms with Gasteiger partial charge in [0.05, 0.1) is 0 Å². The summed E-state index contributed by atoms with van der Waals surface area (Å²) in [4.78, 5) is 2.38. The van der Waals surface area contributed by atoms with E-state index >= 15 is 0 Å². The fourth-order valence-electron chi connectivity index (χ4n) is 2.70. The van der Waals surface area contributed by atoms with Gasteiger partial charge in [-0.15, -0.1) is 0 Å². The van der Waals surface area contributed by atoms with Crippen molar-refractivity contribution in [2.75, 3.05) is 27.2 Å². The maximum Gasteiger partial charge on any atom is 0.0408 e. The Morgan fingerprint density at radius 3 is 2.59 bits per heavy atom. The first-order valence-electron chi connectivity index (χ1n) is 6.25. The van der Waals surface area contributed by atoms with Crippen molar-refractivity contribution in [3.05, 3.63) is 34.9 Å². The van der Waals surface area contributed by atoms with Crippen molar-refractivity contribution in [2.45, 2.75) is 24.8 Å². The van der Waals surface area contributed by atoms with Crippen molar-refractivity contribution >= 4 is 11.6 Å². The van der Waals surface area contributed by atoms with Crippen LogP contribution >= 0.6 is 11.6 Å². The summed E-state index contributed by atoms with van der Waals surface area (Å²) in [5.41, 5.74) is 1.63. The zero-order chi connectivity index (χ0) is 12.3. The molecule has 0 aliphatic carbocycles. The van der Waals surface area contributed by atoms with Crippen molar-refractivity contribution in [3.8, 4) is 0 Å². The number of likely N-dealkylation sites (N-methyl/N-ethyl adjacent to an activating group) is 1. The Hall–Kier alpha value is -0.570. The molecular weight excluding hydrogens is 232 g/mol. The predicted octanol–water partition coefficient (Wildman–Crippen LogP) is 2.57. The van der Waals surface area contributed by atoms with E-state index in [9.17, 15) is 0 Å². The van der Waals surface area contributed by atoms with E-state index in [2.05, 4.69) is 36.4 Å². The van der Waals surface area contributed by atoms with Crippen LogP contribution in [0, 0.1) is 0 Å². The van der Waals surface area contributed by atoms with E-state index in [1.165, 1.54) is 18.4 Å². The lowest BCUT2D eigenvalue weighted by Crippen LogP contribution is -2.53. The second-order valence-electron chi connectivity index (χ2n) is 5.18. The van der Waals surface area contributed by atoms with Crippen molar-refractivity contribution in [1.29, 1.82) is 0 Å². The van der Waals surface area contributed by atoms with Crippen LogP contribution in [-0.2, 0) is 6.42 Å². The number of halogens is 1. The van der Waals surface area contributed by atoms with E-state index in [1.54, 1.807) is 0 Å². The molecular formula is C14H21ClN2. The highest BCUT2D eigenvalue weighted by molar-refractivity contribution is 6.30. The fraction of sp³-hybridized carbons (Fsp3) is 0.571. The van der Waals surface area contributed by atoms with Crippen LogP contribution in [0.3, 0.4) is 0 Å². The number of hydrogen-bond acceptors (Lipinski definition) is 2. The lowest BCUT2D eigenvalue weighted by Gasteiger charge is -2.43. The van der Waals surface area contributed by atoms with Gasteiger partial charge in [-0.1, -0.05) is 23.7 Å². The molecule has 17 heavy (non-hydrogen) atoms. The maximum atomic E-state index is 6.06. The molecule has 1 aliphatic rings. The smallest absolute Gasteiger partial charge is 0.0408 e. The monoisotopic (exact) mass is 252 g/mol. The largest absolute Gasteiger partial charge is 0.317 e. The molecule has 1 aromatic carbocycles. The van der Waals surface area contributed by atoms with Crippen molar-refractivity contribution in [3.63, 3.8) is 0 Å². The van der Waals surface area contributed by atoms with Crippen LogP contribution in [0.4, 0.5) is 0 Å². The Bertz CT molecular complexity index is 370. The fourth-order valence-corrected chi connectivity index (χ4v) is 2.91. The molecule has 3 heteroatoms. The van der Waals surface area contributed by atoms with E-state index in [-0.39, 0.29) is 5.54 Å². The third-order valence-electron chi connectivity index (χ3n) is 3.91. The minimum Gasteiger partial charge on any atom is -0.317 e. The van der Waals surface area contributed by atoms with E-state index in [0.29, 0.717) is 0 Å². The van der Waals surface area contributed by atoms with Crippen molar-refractivity contribution < 1.29 is 0 Å². The van der Waals surface area contributed by atoms with Crippen LogP contribution in [-0.4, -0.2) is 37.6 Å². The summed E-state index contributed by atoms with van der Waals surface area (Å²) in [6.45, 7) is 2.22. The van der Waals surface area contributed by atoms with Gasteiger partial charge in [-0.25, -0.2) is 0 Å². The van der Waals surface area contributed by atoms with E-state index in [4.69, 9.17) is 11.6 Å². The number of benzene rings is 1. The quantitative estimate of drug-likeness (QED) is 0.890. The van der Waals surface area contributed by atoms with Gasteiger partial charge in [-0.2, -0.15) is 0 Å². The molecule has 0 spiro atoms. The van der Waals surface area contributed by atoms with Crippen LogP contribution in [0.15, 0.2) is 24.3 Å². The van der Waals surface area contributed by atoms with Crippen LogP contribution in [0.5, 0.6) is 0 Å². The first-order valence-corrected chi connectivity index (χ1v) is 6.63. The Balaban J connectivity index is 2.17. The standard InChI is InChI=1S/C14H21ClN2/c1-17(2)14(6-8-16-9-7-14)11-12-4-3-5-13(15)10-12/h3-5,10,16H,6-9,11H2,1-2H3. The Morgan fingerprint density at radius 1 is 1.29 bits per heavy atom. The lowest BCUT2D eigenvalue weighted by atomic mass is 9.81. The average Bonchev–Trinajstić information content (AvgIpc) is 2.30. The number of hydrogen-bond donors (Lipinski definition) is 1. The Morgan fingerprint density at radius 2 is 2.00 bits per heavy atom. The van der Waals surface area contributed by atoms with Crippen LogP contribution < -0.4 is 5.32 Å². The Kier molecular flexibility index (Phi) is 4.08. The summed E-state index contributed by atoms with van der Waals surface area (Å²) in [5.74, 6) is 0. The molecule has 1 fully saturated rings. The molecule has 1 aliphatic heterocycles. The first-order chi connectivity index (χ1) is 8.12. The van der Waals surface area contributed by atoms with Crippen molar-refractivity contribution in [1.82, 2.24) is 10.2 Å². The van der Waals surface area contributed by atoms with Gasteiger partial charge >= 0.3 is 0 Å². The van der Waals surface area contributed by atoms with Crippen LogP contribution in [0.1, 0.15) is 18.4 Å². The summed E-state index contributed by atoms with van der Waals surface area (Å²) in [6, 6.07) is 8.26. The molecule has 2 rings (SSSR count). The van der Waals surface area contributed by atoms with Gasteiger partial charge < -0.3 is 10.2 Å². The number of nitrogens with one attached hydrogen (secondary N) is 1. The normalized spacial score (nSPS) is 19.5. The van der Waals surface area contributed by atoms with Crippen molar-refractivity contribution in [2.24, 2.45) is 0 Å². The van der Waals surface area contributed by atoms with Gasteiger partial charge in [-0.05, 0) is 64.1 Å². The molecule has 1 aromatic rings. The summed E-state index contributed by atoms with van der Waals surface area (Å²) >= 11 is 6.06. The number of rotatable bonds is 3. The molecule has 94 valence electrons. The zero-order valence-electron chi connectivity index (χ0n) is 10.7. The topological polar surface area (TPSA) is 15.3 Å². The van der Waals surface area contributed by atoms with Gasteiger partial charge in [0, 0.05) is 10.6 Å². The molecule has 1 heterocycles. The van der Waals surface area contributed by atoms with E-state index in [1.807, 2.05) is 12.1 Å². The molecule has 0 aromatic heterocycles. The molecule has 1 N–H and O–H groups in total.